The van der Waals surface area contributed by atoms with Crippen LogP contribution in [-0.4, -0.2) is 17.6 Å². The summed E-state index contributed by atoms with van der Waals surface area (Å²) in [5.41, 5.74) is 5.72. The van der Waals surface area contributed by atoms with Crippen molar-refractivity contribution in [3.05, 3.63) is 40.7 Å². The first-order chi connectivity index (χ1) is 9.78. The molecule has 2 atom stereocenters. The fraction of sp³-hybridized carbons (Fsp3) is 0.438. The van der Waals surface area contributed by atoms with E-state index in [-0.39, 0.29) is 11.7 Å². The number of aromatic amines is 1. The maximum atomic E-state index is 12.0. The van der Waals surface area contributed by atoms with Crippen molar-refractivity contribution in [1.29, 1.82) is 0 Å². The standard InChI is InChI=1S/C16H20N2O2/c17-10-12-6-2-4-8-14(12)20-15-9-11-5-1-3-7-13(11)16(19)18-15/h1,3,5,7,9,12,14H,2,4,6,8,10,17H2,(H,18,19). The fourth-order valence-electron chi connectivity index (χ4n) is 3.01. The molecule has 1 aliphatic carbocycles. The molecule has 20 heavy (non-hydrogen) atoms. The van der Waals surface area contributed by atoms with Crippen molar-refractivity contribution in [2.45, 2.75) is 31.8 Å². The molecule has 1 aromatic carbocycles. The van der Waals surface area contributed by atoms with Crippen molar-refractivity contribution < 1.29 is 4.74 Å². The average molecular weight is 272 g/mol. The van der Waals surface area contributed by atoms with E-state index in [4.69, 9.17) is 10.5 Å². The number of benzene rings is 1. The Morgan fingerprint density at radius 2 is 2.05 bits per heavy atom. The average Bonchev–Trinajstić information content (AvgIpc) is 2.48. The van der Waals surface area contributed by atoms with Crippen LogP contribution in [0.25, 0.3) is 10.8 Å². The third kappa shape index (κ3) is 2.56. The van der Waals surface area contributed by atoms with Crippen LogP contribution in [0.15, 0.2) is 35.1 Å². The lowest BCUT2D eigenvalue weighted by Gasteiger charge is -2.30. The number of aromatic nitrogens is 1. The Hall–Kier alpha value is -1.81. The number of nitrogens with one attached hydrogen (secondary N) is 1. The van der Waals surface area contributed by atoms with Crippen molar-refractivity contribution in [2.75, 3.05) is 6.54 Å². The van der Waals surface area contributed by atoms with Crippen LogP contribution < -0.4 is 16.0 Å². The molecule has 0 aliphatic heterocycles. The van der Waals surface area contributed by atoms with Crippen molar-refractivity contribution in [3.63, 3.8) is 0 Å². The molecular formula is C16H20N2O2. The quantitative estimate of drug-likeness (QED) is 0.901. The van der Waals surface area contributed by atoms with Crippen molar-refractivity contribution in [3.8, 4) is 5.88 Å². The maximum absolute atomic E-state index is 12.0. The van der Waals surface area contributed by atoms with Crippen LogP contribution in [0.5, 0.6) is 5.88 Å². The summed E-state index contributed by atoms with van der Waals surface area (Å²) < 4.78 is 6.01. The highest BCUT2D eigenvalue weighted by molar-refractivity contribution is 5.82. The molecule has 0 amide bonds. The van der Waals surface area contributed by atoms with Gasteiger partial charge in [-0.25, -0.2) is 0 Å². The molecule has 2 aromatic rings. The van der Waals surface area contributed by atoms with Gasteiger partial charge in [-0.1, -0.05) is 24.6 Å². The highest BCUT2D eigenvalue weighted by atomic mass is 16.5. The second-order valence-corrected chi connectivity index (χ2v) is 5.49. The van der Waals surface area contributed by atoms with Crippen molar-refractivity contribution in [1.82, 2.24) is 4.98 Å². The normalized spacial score (nSPS) is 22.9. The Morgan fingerprint density at radius 3 is 2.90 bits per heavy atom. The first-order valence-electron chi connectivity index (χ1n) is 7.26. The predicted octanol–water partition coefficient (Wildman–Crippen LogP) is 2.42. The molecule has 1 fully saturated rings. The Bertz CT molecular complexity index is 650. The van der Waals surface area contributed by atoms with Crippen LogP contribution in [0.3, 0.4) is 0 Å². The van der Waals surface area contributed by atoms with Gasteiger partial charge in [0.2, 0.25) is 0 Å². The van der Waals surface area contributed by atoms with E-state index in [0.29, 0.717) is 23.7 Å². The topological polar surface area (TPSA) is 68.1 Å². The van der Waals surface area contributed by atoms with Crippen LogP contribution in [0.4, 0.5) is 0 Å². The Morgan fingerprint density at radius 1 is 1.25 bits per heavy atom. The zero-order valence-electron chi connectivity index (χ0n) is 11.5. The number of hydrogen-bond donors (Lipinski definition) is 2. The van der Waals surface area contributed by atoms with Crippen molar-refractivity contribution in [2.24, 2.45) is 11.7 Å². The summed E-state index contributed by atoms with van der Waals surface area (Å²) in [5.74, 6) is 0.942. The van der Waals surface area contributed by atoms with Gasteiger partial charge in [0, 0.05) is 17.4 Å². The summed E-state index contributed by atoms with van der Waals surface area (Å²) in [6.07, 6.45) is 4.62. The molecule has 0 spiro atoms. The summed E-state index contributed by atoms with van der Waals surface area (Å²) in [7, 11) is 0. The molecule has 3 rings (SSSR count). The van der Waals surface area contributed by atoms with E-state index < -0.39 is 0 Å². The Kier molecular flexibility index (Phi) is 3.74. The molecule has 0 bridgehead atoms. The van der Waals surface area contributed by atoms with Crippen LogP contribution in [0, 0.1) is 5.92 Å². The minimum Gasteiger partial charge on any atom is -0.475 e. The monoisotopic (exact) mass is 272 g/mol. The van der Waals surface area contributed by atoms with Gasteiger partial charge in [-0.15, -0.1) is 0 Å². The van der Waals surface area contributed by atoms with Crippen LogP contribution in [0.2, 0.25) is 0 Å². The highest BCUT2D eigenvalue weighted by Gasteiger charge is 2.25. The van der Waals surface area contributed by atoms with Gasteiger partial charge in [0.05, 0.1) is 0 Å². The van der Waals surface area contributed by atoms with E-state index >= 15 is 0 Å². The zero-order chi connectivity index (χ0) is 13.9. The van der Waals surface area contributed by atoms with Gasteiger partial charge >= 0.3 is 0 Å². The Labute approximate surface area is 117 Å². The minimum absolute atomic E-state index is 0.0989. The maximum Gasteiger partial charge on any atom is 0.258 e. The second-order valence-electron chi connectivity index (χ2n) is 5.49. The van der Waals surface area contributed by atoms with E-state index in [0.717, 1.165) is 18.2 Å². The van der Waals surface area contributed by atoms with Gasteiger partial charge < -0.3 is 10.5 Å². The number of rotatable bonds is 3. The van der Waals surface area contributed by atoms with Gasteiger partial charge in [0.1, 0.15) is 6.10 Å². The zero-order valence-corrected chi connectivity index (χ0v) is 11.5. The molecule has 1 aliphatic rings. The molecule has 0 radical (unpaired) electrons. The summed E-state index contributed by atoms with van der Waals surface area (Å²) >= 11 is 0. The summed E-state index contributed by atoms with van der Waals surface area (Å²) in [4.78, 5) is 14.9. The van der Waals surface area contributed by atoms with E-state index in [2.05, 4.69) is 4.98 Å². The predicted molar refractivity (Wildman–Crippen MR) is 80.0 cm³/mol. The van der Waals surface area contributed by atoms with Crippen LogP contribution >= 0.6 is 0 Å². The first-order valence-corrected chi connectivity index (χ1v) is 7.26. The molecule has 2 unspecified atom stereocenters. The molecule has 1 heterocycles. The van der Waals surface area contributed by atoms with Crippen LogP contribution in [-0.2, 0) is 0 Å². The molecule has 0 saturated heterocycles. The molecular weight excluding hydrogens is 252 g/mol. The van der Waals surface area contributed by atoms with Gasteiger partial charge in [-0.2, -0.15) is 0 Å². The lowest BCUT2D eigenvalue weighted by molar-refractivity contribution is 0.0923. The number of fused-ring (bicyclic) bond motifs is 1. The Balaban J connectivity index is 1.88. The molecule has 3 N–H and O–H groups in total. The van der Waals surface area contributed by atoms with E-state index in [1.54, 1.807) is 0 Å². The smallest absolute Gasteiger partial charge is 0.258 e. The number of H-pyrrole nitrogens is 1. The first kappa shape index (κ1) is 13.2. The molecule has 4 nitrogen and oxygen atoms in total. The van der Waals surface area contributed by atoms with E-state index in [1.807, 2.05) is 30.3 Å². The lowest BCUT2D eigenvalue weighted by Crippen LogP contribution is -2.35. The SMILES string of the molecule is NCC1CCCCC1Oc1cc2ccccc2c(=O)[nH]1. The number of pyridine rings is 1. The highest BCUT2D eigenvalue weighted by Crippen LogP contribution is 2.27. The number of nitrogens with two attached hydrogens (primary N) is 1. The second kappa shape index (κ2) is 5.67. The summed E-state index contributed by atoms with van der Waals surface area (Å²) in [6, 6.07) is 9.44. The van der Waals surface area contributed by atoms with E-state index in [9.17, 15) is 4.79 Å². The molecule has 106 valence electrons. The van der Waals surface area contributed by atoms with E-state index in [1.165, 1.54) is 12.8 Å². The van der Waals surface area contributed by atoms with Gasteiger partial charge in [-0.3, -0.25) is 9.78 Å². The lowest BCUT2D eigenvalue weighted by atomic mass is 9.86. The molecule has 4 heteroatoms. The largest absolute Gasteiger partial charge is 0.475 e. The fourth-order valence-corrected chi connectivity index (χ4v) is 3.01. The number of hydrogen-bond acceptors (Lipinski definition) is 3. The van der Waals surface area contributed by atoms with Crippen molar-refractivity contribution >= 4 is 10.8 Å². The summed E-state index contributed by atoms with van der Waals surface area (Å²) in [5, 5.41) is 1.60. The molecule has 1 saturated carbocycles. The van der Waals surface area contributed by atoms with Gasteiger partial charge in [0.25, 0.3) is 5.56 Å². The third-order valence-electron chi connectivity index (χ3n) is 4.15. The number of ether oxygens (including phenoxy) is 1. The van der Waals surface area contributed by atoms with Gasteiger partial charge in [-0.05, 0) is 37.3 Å². The summed E-state index contributed by atoms with van der Waals surface area (Å²) in [6.45, 7) is 0.641. The molecule has 1 aromatic heterocycles. The third-order valence-corrected chi connectivity index (χ3v) is 4.15. The van der Waals surface area contributed by atoms with Gasteiger partial charge in [0.15, 0.2) is 5.88 Å². The minimum atomic E-state index is -0.0989. The van der Waals surface area contributed by atoms with Crippen LogP contribution in [0.1, 0.15) is 25.7 Å².